The first-order valence-corrected chi connectivity index (χ1v) is 6.58. The Balaban J connectivity index is 2.15. The van der Waals surface area contributed by atoms with Gasteiger partial charge in [-0.2, -0.15) is 0 Å². The Morgan fingerprint density at radius 3 is 2.72 bits per heavy atom. The molecule has 0 unspecified atom stereocenters. The van der Waals surface area contributed by atoms with Gasteiger partial charge in [-0.25, -0.2) is 4.98 Å². The molecule has 1 aliphatic carbocycles. The molecule has 1 saturated carbocycles. The van der Waals surface area contributed by atoms with Crippen LogP contribution in [0.3, 0.4) is 0 Å². The van der Waals surface area contributed by atoms with Gasteiger partial charge in [0.15, 0.2) is 0 Å². The molecule has 1 heterocycles. The Bertz CT molecular complexity index is 401. The summed E-state index contributed by atoms with van der Waals surface area (Å²) in [4.78, 5) is 6.28. The van der Waals surface area contributed by atoms with Crippen LogP contribution < -0.4 is 4.90 Å². The number of aliphatic hydroxyl groups excluding tert-OH is 1. The lowest BCUT2D eigenvalue weighted by molar-refractivity contribution is 0.0556. The second kappa shape index (κ2) is 5.24. The van der Waals surface area contributed by atoms with Crippen LogP contribution in [0.15, 0.2) is 18.3 Å². The van der Waals surface area contributed by atoms with E-state index in [1.807, 2.05) is 24.1 Å². The quantitative estimate of drug-likeness (QED) is 0.856. The minimum atomic E-state index is -0.595. The van der Waals surface area contributed by atoms with E-state index < -0.39 is 11.7 Å². The largest absolute Gasteiger partial charge is 0.389 e. The van der Waals surface area contributed by atoms with Gasteiger partial charge in [0.25, 0.3) is 0 Å². The molecule has 18 heavy (non-hydrogen) atoms. The highest BCUT2D eigenvalue weighted by Gasteiger charge is 2.33. The summed E-state index contributed by atoms with van der Waals surface area (Å²) in [6.45, 7) is 2.31. The molecule has 0 radical (unpaired) electrons. The van der Waals surface area contributed by atoms with Crippen LogP contribution in [0.25, 0.3) is 0 Å². The Kier molecular flexibility index (Phi) is 3.88. The summed E-state index contributed by atoms with van der Waals surface area (Å²) < 4.78 is 0. The van der Waals surface area contributed by atoms with E-state index in [2.05, 4.69) is 4.98 Å². The lowest BCUT2D eigenvalue weighted by Crippen LogP contribution is -2.40. The molecule has 1 fully saturated rings. The van der Waals surface area contributed by atoms with Gasteiger partial charge in [0.2, 0.25) is 0 Å². The van der Waals surface area contributed by atoms with Gasteiger partial charge >= 0.3 is 0 Å². The summed E-state index contributed by atoms with van der Waals surface area (Å²) in [6, 6.07) is 3.70. The number of aromatic nitrogens is 1. The molecular formula is C14H22N2O2. The lowest BCUT2D eigenvalue weighted by atomic mass is 10.0. The summed E-state index contributed by atoms with van der Waals surface area (Å²) >= 11 is 0. The van der Waals surface area contributed by atoms with E-state index in [-0.39, 0.29) is 0 Å². The van der Waals surface area contributed by atoms with Crippen molar-refractivity contribution in [2.45, 2.75) is 44.3 Å². The molecule has 0 aliphatic heterocycles. The van der Waals surface area contributed by atoms with Crippen molar-refractivity contribution in [3.63, 3.8) is 0 Å². The number of anilines is 1. The van der Waals surface area contributed by atoms with Crippen molar-refractivity contribution >= 4 is 5.82 Å². The summed E-state index contributed by atoms with van der Waals surface area (Å²) in [5, 5.41) is 20.2. The first kappa shape index (κ1) is 13.3. The van der Waals surface area contributed by atoms with Crippen LogP contribution in [0, 0.1) is 0 Å². The Morgan fingerprint density at radius 1 is 1.44 bits per heavy atom. The molecule has 2 N–H and O–H groups in total. The molecular weight excluding hydrogens is 228 g/mol. The summed E-state index contributed by atoms with van der Waals surface area (Å²) in [5.41, 5.74) is 0.212. The summed E-state index contributed by atoms with van der Waals surface area (Å²) in [7, 11) is 1.92. The zero-order valence-electron chi connectivity index (χ0n) is 11.1. The normalized spacial score (nSPS) is 19.8. The maximum Gasteiger partial charge on any atom is 0.134 e. The molecule has 0 bridgehead atoms. The summed E-state index contributed by atoms with van der Waals surface area (Å²) in [5.74, 6) is 0.757. The second-order valence-corrected chi connectivity index (χ2v) is 5.38. The predicted molar refractivity (Wildman–Crippen MR) is 71.6 cm³/mol. The third-order valence-electron chi connectivity index (χ3n) is 3.69. The minimum Gasteiger partial charge on any atom is -0.389 e. The van der Waals surface area contributed by atoms with Crippen LogP contribution in [-0.2, 0) is 0 Å². The van der Waals surface area contributed by atoms with E-state index >= 15 is 0 Å². The number of hydrogen-bond donors (Lipinski definition) is 2. The number of likely N-dealkylation sites (N-methyl/N-ethyl adjacent to an activating group) is 1. The maximum absolute atomic E-state index is 10.4. The zero-order chi connectivity index (χ0) is 13.2. The summed E-state index contributed by atoms with van der Waals surface area (Å²) in [6.07, 6.45) is 5.07. The average molecular weight is 250 g/mol. The van der Waals surface area contributed by atoms with E-state index in [0.717, 1.165) is 37.1 Å². The number of pyridine rings is 1. The Labute approximate surface area is 108 Å². The number of nitrogens with zero attached hydrogens (tertiary/aromatic N) is 2. The number of hydrogen-bond acceptors (Lipinski definition) is 4. The van der Waals surface area contributed by atoms with Crippen molar-refractivity contribution in [2.75, 3.05) is 18.5 Å². The highest BCUT2D eigenvalue weighted by molar-refractivity contribution is 5.47. The van der Waals surface area contributed by atoms with E-state index in [1.54, 1.807) is 13.1 Å². The Hall–Kier alpha value is -1.13. The van der Waals surface area contributed by atoms with Gasteiger partial charge in [0, 0.05) is 25.4 Å². The van der Waals surface area contributed by atoms with Gasteiger partial charge in [-0.1, -0.05) is 18.9 Å². The van der Waals surface area contributed by atoms with Crippen molar-refractivity contribution in [1.29, 1.82) is 0 Å². The third-order valence-corrected chi connectivity index (χ3v) is 3.69. The first-order valence-electron chi connectivity index (χ1n) is 6.58. The SMILES string of the molecule is C[C@H](O)c1cccnc1N(C)CC1(O)CCCC1. The molecule has 1 aromatic rings. The number of rotatable bonds is 4. The van der Waals surface area contributed by atoms with Crippen molar-refractivity contribution < 1.29 is 10.2 Å². The van der Waals surface area contributed by atoms with Crippen molar-refractivity contribution in [1.82, 2.24) is 4.98 Å². The molecule has 1 aromatic heterocycles. The van der Waals surface area contributed by atoms with Gasteiger partial charge in [-0.05, 0) is 25.8 Å². The van der Waals surface area contributed by atoms with Gasteiger partial charge < -0.3 is 15.1 Å². The van der Waals surface area contributed by atoms with Crippen molar-refractivity contribution in [2.24, 2.45) is 0 Å². The fourth-order valence-corrected chi connectivity index (χ4v) is 2.76. The van der Waals surface area contributed by atoms with E-state index in [4.69, 9.17) is 0 Å². The Morgan fingerprint density at radius 2 is 2.11 bits per heavy atom. The second-order valence-electron chi connectivity index (χ2n) is 5.38. The molecule has 4 heteroatoms. The molecule has 100 valence electrons. The van der Waals surface area contributed by atoms with Crippen LogP contribution in [0.5, 0.6) is 0 Å². The minimum absolute atomic E-state index is 0.547. The standard InChI is InChI=1S/C14H22N2O2/c1-11(17)12-6-5-9-15-13(12)16(2)10-14(18)7-3-4-8-14/h5-6,9,11,17-18H,3-4,7-8,10H2,1-2H3/t11-/m0/s1. The third kappa shape index (κ3) is 2.82. The molecule has 0 amide bonds. The van der Waals surface area contributed by atoms with Gasteiger partial charge in [-0.3, -0.25) is 0 Å². The highest BCUT2D eigenvalue weighted by atomic mass is 16.3. The molecule has 4 nitrogen and oxygen atoms in total. The molecule has 1 aliphatic rings. The van der Waals surface area contributed by atoms with Crippen LogP contribution in [0.1, 0.15) is 44.3 Å². The fraction of sp³-hybridized carbons (Fsp3) is 0.643. The predicted octanol–water partition coefficient (Wildman–Crippen LogP) is 1.88. The monoisotopic (exact) mass is 250 g/mol. The molecule has 0 saturated heterocycles. The average Bonchev–Trinajstić information content (AvgIpc) is 2.75. The van der Waals surface area contributed by atoms with Gasteiger partial charge in [0.1, 0.15) is 5.82 Å². The molecule has 1 atom stereocenters. The van der Waals surface area contributed by atoms with Crippen LogP contribution in [0.4, 0.5) is 5.82 Å². The lowest BCUT2D eigenvalue weighted by Gasteiger charge is -2.30. The molecule has 2 rings (SSSR count). The van der Waals surface area contributed by atoms with Gasteiger partial charge in [0.05, 0.1) is 11.7 Å². The van der Waals surface area contributed by atoms with Crippen molar-refractivity contribution in [3.8, 4) is 0 Å². The highest BCUT2D eigenvalue weighted by Crippen LogP contribution is 2.32. The molecule has 0 spiro atoms. The van der Waals surface area contributed by atoms with Gasteiger partial charge in [-0.15, -0.1) is 0 Å². The maximum atomic E-state index is 10.4. The van der Waals surface area contributed by atoms with Crippen LogP contribution in [-0.4, -0.2) is 34.4 Å². The zero-order valence-corrected chi connectivity index (χ0v) is 11.1. The van der Waals surface area contributed by atoms with E-state index in [0.29, 0.717) is 6.54 Å². The fourth-order valence-electron chi connectivity index (χ4n) is 2.76. The smallest absolute Gasteiger partial charge is 0.134 e. The van der Waals surface area contributed by atoms with E-state index in [9.17, 15) is 10.2 Å². The van der Waals surface area contributed by atoms with Crippen LogP contribution >= 0.6 is 0 Å². The number of aliphatic hydroxyl groups is 2. The topological polar surface area (TPSA) is 56.6 Å². The van der Waals surface area contributed by atoms with Crippen molar-refractivity contribution in [3.05, 3.63) is 23.9 Å². The first-order chi connectivity index (χ1) is 8.52. The van der Waals surface area contributed by atoms with Crippen LogP contribution in [0.2, 0.25) is 0 Å². The van der Waals surface area contributed by atoms with E-state index in [1.165, 1.54) is 0 Å². The molecule has 0 aromatic carbocycles.